The van der Waals surface area contributed by atoms with Gasteiger partial charge in [0.1, 0.15) is 5.82 Å². The highest BCUT2D eigenvalue weighted by atomic mass is 32.1. The molecule has 0 saturated heterocycles. The maximum absolute atomic E-state index is 11.9. The Hall–Kier alpha value is -2.47. The number of carbonyl (C=O) groups excluding carboxylic acids is 1. The van der Waals surface area contributed by atoms with E-state index in [1.807, 2.05) is 35.9 Å². The van der Waals surface area contributed by atoms with Crippen molar-refractivity contribution >= 4 is 17.2 Å². The Balaban J connectivity index is 1.42. The quantitative estimate of drug-likeness (QED) is 0.719. The Labute approximate surface area is 145 Å². The van der Waals surface area contributed by atoms with Gasteiger partial charge in [-0.25, -0.2) is 9.97 Å². The number of amides is 1. The van der Waals surface area contributed by atoms with Gasteiger partial charge < -0.3 is 9.88 Å². The molecule has 1 amide bonds. The maximum atomic E-state index is 11.9. The summed E-state index contributed by atoms with van der Waals surface area (Å²) in [7, 11) is 0. The minimum atomic E-state index is 0.0583. The highest BCUT2D eigenvalue weighted by Gasteiger charge is 2.06. The third-order valence-electron chi connectivity index (χ3n) is 3.79. The maximum Gasteiger partial charge on any atom is 0.221 e. The second kappa shape index (κ2) is 7.88. The van der Waals surface area contributed by atoms with Gasteiger partial charge in [-0.05, 0) is 6.92 Å². The first-order chi connectivity index (χ1) is 11.7. The SMILES string of the molecule is Cc1nccn1CCC(=O)NCCc1nc(-c2ccccc2)cs1. The zero-order valence-electron chi connectivity index (χ0n) is 13.6. The first-order valence-electron chi connectivity index (χ1n) is 7.96. The van der Waals surface area contributed by atoms with Crippen LogP contribution in [0.3, 0.4) is 0 Å². The van der Waals surface area contributed by atoms with Gasteiger partial charge in [-0.3, -0.25) is 4.79 Å². The van der Waals surface area contributed by atoms with E-state index in [0.29, 0.717) is 19.5 Å². The number of aromatic nitrogens is 3. The van der Waals surface area contributed by atoms with Crippen LogP contribution >= 0.6 is 11.3 Å². The van der Waals surface area contributed by atoms with E-state index in [4.69, 9.17) is 0 Å². The normalized spacial score (nSPS) is 10.7. The van der Waals surface area contributed by atoms with Crippen molar-refractivity contribution in [3.05, 3.63) is 58.9 Å². The minimum absolute atomic E-state index is 0.0583. The molecule has 0 spiro atoms. The van der Waals surface area contributed by atoms with Crippen molar-refractivity contribution in [2.45, 2.75) is 26.3 Å². The lowest BCUT2D eigenvalue weighted by Gasteiger charge is -2.06. The monoisotopic (exact) mass is 340 g/mol. The number of imidazole rings is 1. The third-order valence-corrected chi connectivity index (χ3v) is 4.69. The molecule has 3 rings (SSSR count). The van der Waals surface area contributed by atoms with Gasteiger partial charge >= 0.3 is 0 Å². The molecule has 5 nitrogen and oxygen atoms in total. The number of hydrogen-bond acceptors (Lipinski definition) is 4. The molecule has 0 unspecified atom stereocenters. The predicted octanol–water partition coefficient (Wildman–Crippen LogP) is 3.06. The third kappa shape index (κ3) is 4.29. The molecule has 24 heavy (non-hydrogen) atoms. The number of aryl methyl sites for hydroxylation is 2. The molecule has 0 bridgehead atoms. The van der Waals surface area contributed by atoms with Crippen LogP contribution in [0.4, 0.5) is 0 Å². The predicted molar refractivity (Wildman–Crippen MR) is 95.8 cm³/mol. The van der Waals surface area contributed by atoms with Crippen LogP contribution in [-0.4, -0.2) is 27.0 Å². The average molecular weight is 340 g/mol. The van der Waals surface area contributed by atoms with E-state index in [-0.39, 0.29) is 5.91 Å². The fourth-order valence-corrected chi connectivity index (χ4v) is 3.23. The summed E-state index contributed by atoms with van der Waals surface area (Å²) in [5.41, 5.74) is 2.12. The van der Waals surface area contributed by atoms with Crippen LogP contribution in [-0.2, 0) is 17.8 Å². The summed E-state index contributed by atoms with van der Waals surface area (Å²) in [6.07, 6.45) is 4.86. The Kier molecular flexibility index (Phi) is 5.38. The fraction of sp³-hybridized carbons (Fsp3) is 0.278. The van der Waals surface area contributed by atoms with E-state index >= 15 is 0 Å². The van der Waals surface area contributed by atoms with Crippen molar-refractivity contribution in [3.63, 3.8) is 0 Å². The van der Waals surface area contributed by atoms with Gasteiger partial charge in [0.2, 0.25) is 5.91 Å². The molecule has 0 aliphatic rings. The zero-order valence-corrected chi connectivity index (χ0v) is 14.4. The number of thiazole rings is 1. The number of carbonyl (C=O) groups is 1. The van der Waals surface area contributed by atoms with Crippen LogP contribution in [0.5, 0.6) is 0 Å². The highest BCUT2D eigenvalue weighted by Crippen LogP contribution is 2.21. The van der Waals surface area contributed by atoms with Crippen LogP contribution in [0.15, 0.2) is 48.1 Å². The van der Waals surface area contributed by atoms with Crippen molar-refractivity contribution in [1.82, 2.24) is 19.9 Å². The van der Waals surface area contributed by atoms with Crippen molar-refractivity contribution < 1.29 is 4.79 Å². The fourth-order valence-electron chi connectivity index (χ4n) is 2.43. The molecule has 2 heterocycles. The van der Waals surface area contributed by atoms with Crippen molar-refractivity contribution in [2.24, 2.45) is 0 Å². The van der Waals surface area contributed by atoms with Crippen molar-refractivity contribution in [2.75, 3.05) is 6.54 Å². The number of benzene rings is 1. The van der Waals surface area contributed by atoms with E-state index in [1.54, 1.807) is 17.5 Å². The molecular formula is C18H20N4OS. The van der Waals surface area contributed by atoms with Gasteiger partial charge in [-0.15, -0.1) is 11.3 Å². The van der Waals surface area contributed by atoms with E-state index in [1.165, 1.54) is 0 Å². The summed E-state index contributed by atoms with van der Waals surface area (Å²) in [6.45, 7) is 3.21. The molecule has 0 fully saturated rings. The van der Waals surface area contributed by atoms with E-state index < -0.39 is 0 Å². The number of rotatable bonds is 7. The van der Waals surface area contributed by atoms with Crippen LogP contribution in [0.2, 0.25) is 0 Å². The first-order valence-corrected chi connectivity index (χ1v) is 8.84. The van der Waals surface area contributed by atoms with Gasteiger partial charge in [0.25, 0.3) is 0 Å². The lowest BCUT2D eigenvalue weighted by atomic mass is 10.2. The molecular weight excluding hydrogens is 320 g/mol. The molecule has 6 heteroatoms. The molecule has 124 valence electrons. The van der Waals surface area contributed by atoms with E-state index in [2.05, 4.69) is 32.8 Å². The summed E-state index contributed by atoms with van der Waals surface area (Å²) < 4.78 is 1.98. The van der Waals surface area contributed by atoms with Crippen molar-refractivity contribution in [1.29, 1.82) is 0 Å². The Morgan fingerprint density at radius 2 is 2.12 bits per heavy atom. The lowest BCUT2D eigenvalue weighted by Crippen LogP contribution is -2.26. The molecule has 0 atom stereocenters. The molecule has 2 aromatic heterocycles. The van der Waals surface area contributed by atoms with Crippen LogP contribution in [0.25, 0.3) is 11.3 Å². The average Bonchev–Trinajstić information content (AvgIpc) is 3.23. The first kappa shape index (κ1) is 16.4. The van der Waals surface area contributed by atoms with E-state index in [9.17, 15) is 4.79 Å². The van der Waals surface area contributed by atoms with Crippen molar-refractivity contribution in [3.8, 4) is 11.3 Å². The zero-order chi connectivity index (χ0) is 16.8. The van der Waals surface area contributed by atoms with Gasteiger partial charge in [-0.2, -0.15) is 0 Å². The van der Waals surface area contributed by atoms with Crippen LogP contribution in [0.1, 0.15) is 17.3 Å². The molecule has 0 aliphatic heterocycles. The number of hydrogen-bond donors (Lipinski definition) is 1. The summed E-state index contributed by atoms with van der Waals surface area (Å²) in [4.78, 5) is 20.7. The molecule has 0 aliphatic carbocycles. The number of nitrogens with zero attached hydrogens (tertiary/aromatic N) is 3. The van der Waals surface area contributed by atoms with Gasteiger partial charge in [0.05, 0.1) is 10.7 Å². The minimum Gasteiger partial charge on any atom is -0.356 e. The highest BCUT2D eigenvalue weighted by molar-refractivity contribution is 7.09. The van der Waals surface area contributed by atoms with Gasteiger partial charge in [0.15, 0.2) is 0 Å². The van der Waals surface area contributed by atoms with Gasteiger partial charge in [0, 0.05) is 49.3 Å². The smallest absolute Gasteiger partial charge is 0.221 e. The number of nitrogens with one attached hydrogen (secondary N) is 1. The topological polar surface area (TPSA) is 59.8 Å². The molecule has 0 radical (unpaired) electrons. The second-order valence-corrected chi connectivity index (χ2v) is 6.45. The Morgan fingerprint density at radius 1 is 1.29 bits per heavy atom. The molecule has 3 aromatic rings. The molecule has 1 aromatic carbocycles. The standard InChI is InChI=1S/C18H20N4OS/c1-14-19-10-12-22(14)11-8-17(23)20-9-7-18-21-16(13-24-18)15-5-3-2-4-6-15/h2-6,10,12-13H,7-9,11H2,1H3,(H,20,23). The Bertz CT molecular complexity index is 794. The van der Waals surface area contributed by atoms with Gasteiger partial charge in [-0.1, -0.05) is 30.3 Å². The summed E-state index contributed by atoms with van der Waals surface area (Å²) in [5.74, 6) is 0.988. The van der Waals surface area contributed by atoms with Crippen LogP contribution < -0.4 is 5.32 Å². The molecule has 0 saturated carbocycles. The summed E-state index contributed by atoms with van der Waals surface area (Å²) >= 11 is 1.63. The largest absolute Gasteiger partial charge is 0.356 e. The van der Waals surface area contributed by atoms with E-state index in [0.717, 1.165) is 28.5 Å². The summed E-state index contributed by atoms with van der Waals surface area (Å²) in [6, 6.07) is 10.1. The lowest BCUT2D eigenvalue weighted by molar-refractivity contribution is -0.121. The molecule has 1 N–H and O–H groups in total. The summed E-state index contributed by atoms with van der Waals surface area (Å²) in [5, 5.41) is 6.06. The van der Waals surface area contributed by atoms with Crippen LogP contribution in [0, 0.1) is 6.92 Å². The second-order valence-electron chi connectivity index (χ2n) is 5.51. The Morgan fingerprint density at radius 3 is 2.88 bits per heavy atom.